The second-order valence-electron chi connectivity index (χ2n) is 5.08. The van der Waals surface area contributed by atoms with E-state index in [2.05, 4.69) is 5.32 Å². The number of rotatable bonds is 3. The normalized spacial score (nSPS) is 15.8. The Morgan fingerprint density at radius 3 is 2.62 bits per heavy atom. The zero-order valence-corrected chi connectivity index (χ0v) is 12.1. The van der Waals surface area contributed by atoms with Gasteiger partial charge in [-0.2, -0.15) is 0 Å². The van der Waals surface area contributed by atoms with Gasteiger partial charge in [0.05, 0.1) is 5.56 Å². The van der Waals surface area contributed by atoms with E-state index in [1.165, 1.54) is 23.1 Å². The van der Waals surface area contributed by atoms with E-state index < -0.39 is 6.09 Å². The van der Waals surface area contributed by atoms with E-state index in [0.29, 0.717) is 37.5 Å². The van der Waals surface area contributed by atoms with Gasteiger partial charge in [0.15, 0.2) is 0 Å². The minimum Gasteiger partial charge on any atom is -0.507 e. The zero-order chi connectivity index (χ0) is 15.4. The van der Waals surface area contributed by atoms with E-state index >= 15 is 0 Å². The molecule has 0 bridgehead atoms. The predicted molar refractivity (Wildman–Crippen MR) is 77.8 cm³/mol. The SMILES string of the molecule is O=C(NCC1CCN(C(=O)O)CC1)c1cc(Cl)ccc1O. The molecule has 114 valence electrons. The van der Waals surface area contributed by atoms with Crippen LogP contribution < -0.4 is 5.32 Å². The molecule has 0 spiro atoms. The van der Waals surface area contributed by atoms with Crippen molar-refractivity contribution in [3.05, 3.63) is 28.8 Å². The summed E-state index contributed by atoms with van der Waals surface area (Å²) in [4.78, 5) is 24.2. The lowest BCUT2D eigenvalue weighted by atomic mass is 9.97. The van der Waals surface area contributed by atoms with Crippen molar-refractivity contribution in [2.75, 3.05) is 19.6 Å². The Morgan fingerprint density at radius 1 is 1.33 bits per heavy atom. The first-order chi connectivity index (χ1) is 9.97. The Kier molecular flexibility index (Phi) is 4.90. The molecule has 1 aromatic carbocycles. The Balaban J connectivity index is 1.85. The predicted octanol–water partition coefficient (Wildman–Crippen LogP) is 2.17. The van der Waals surface area contributed by atoms with Crippen LogP contribution in [-0.4, -0.2) is 46.7 Å². The molecule has 7 heteroatoms. The van der Waals surface area contributed by atoms with Gasteiger partial charge in [0.2, 0.25) is 0 Å². The van der Waals surface area contributed by atoms with Gasteiger partial charge >= 0.3 is 6.09 Å². The molecular formula is C14H17ClN2O4. The van der Waals surface area contributed by atoms with Crippen molar-refractivity contribution in [2.45, 2.75) is 12.8 Å². The van der Waals surface area contributed by atoms with Gasteiger partial charge in [-0.05, 0) is 37.0 Å². The second kappa shape index (κ2) is 6.67. The van der Waals surface area contributed by atoms with Crippen molar-refractivity contribution < 1.29 is 19.8 Å². The number of carbonyl (C=O) groups is 2. The third-order valence-electron chi connectivity index (χ3n) is 3.64. The largest absolute Gasteiger partial charge is 0.507 e. The molecule has 21 heavy (non-hydrogen) atoms. The van der Waals surface area contributed by atoms with Crippen molar-refractivity contribution in [1.29, 1.82) is 0 Å². The number of carbonyl (C=O) groups excluding carboxylic acids is 1. The Morgan fingerprint density at radius 2 is 2.00 bits per heavy atom. The number of hydrogen-bond donors (Lipinski definition) is 3. The molecule has 2 rings (SSSR count). The molecule has 0 aliphatic carbocycles. The summed E-state index contributed by atoms with van der Waals surface area (Å²) in [5.41, 5.74) is 0.144. The van der Waals surface area contributed by atoms with Crippen molar-refractivity contribution in [3.8, 4) is 5.75 Å². The Hall–Kier alpha value is -1.95. The average Bonchev–Trinajstić information content (AvgIpc) is 2.47. The number of benzene rings is 1. The van der Waals surface area contributed by atoms with Crippen LogP contribution in [0, 0.1) is 5.92 Å². The van der Waals surface area contributed by atoms with Crippen molar-refractivity contribution in [3.63, 3.8) is 0 Å². The molecule has 0 radical (unpaired) electrons. The third-order valence-corrected chi connectivity index (χ3v) is 3.87. The van der Waals surface area contributed by atoms with Crippen LogP contribution in [0.15, 0.2) is 18.2 Å². The highest BCUT2D eigenvalue weighted by atomic mass is 35.5. The molecule has 0 unspecified atom stereocenters. The molecule has 1 saturated heterocycles. The van der Waals surface area contributed by atoms with Gasteiger partial charge in [-0.15, -0.1) is 0 Å². The molecule has 1 aromatic rings. The summed E-state index contributed by atoms with van der Waals surface area (Å²) < 4.78 is 0. The molecule has 0 saturated carbocycles. The fourth-order valence-corrected chi connectivity index (χ4v) is 2.52. The number of carboxylic acid groups (broad SMARTS) is 1. The molecule has 0 aromatic heterocycles. The van der Waals surface area contributed by atoms with E-state index in [-0.39, 0.29) is 23.1 Å². The van der Waals surface area contributed by atoms with Crippen LogP contribution in [0.25, 0.3) is 0 Å². The first-order valence-electron chi connectivity index (χ1n) is 6.72. The van der Waals surface area contributed by atoms with E-state index in [9.17, 15) is 14.7 Å². The van der Waals surface area contributed by atoms with Crippen LogP contribution in [0.3, 0.4) is 0 Å². The van der Waals surface area contributed by atoms with Crippen molar-refractivity contribution in [1.82, 2.24) is 10.2 Å². The summed E-state index contributed by atoms with van der Waals surface area (Å²) in [5.74, 6) is -0.251. The number of phenols is 1. The summed E-state index contributed by atoms with van der Waals surface area (Å²) in [6.45, 7) is 1.43. The van der Waals surface area contributed by atoms with Crippen LogP contribution in [0.4, 0.5) is 4.79 Å². The number of nitrogens with one attached hydrogen (secondary N) is 1. The van der Waals surface area contributed by atoms with Gasteiger partial charge in [0, 0.05) is 24.7 Å². The van der Waals surface area contributed by atoms with Crippen LogP contribution in [0.5, 0.6) is 5.75 Å². The highest BCUT2D eigenvalue weighted by Crippen LogP contribution is 2.22. The number of phenolic OH excluding ortho intramolecular Hbond substituents is 1. The molecule has 1 aliphatic heterocycles. The second-order valence-corrected chi connectivity index (χ2v) is 5.52. The highest BCUT2D eigenvalue weighted by Gasteiger charge is 2.23. The third kappa shape index (κ3) is 4.01. The van der Waals surface area contributed by atoms with Crippen LogP contribution in [0.1, 0.15) is 23.2 Å². The lowest BCUT2D eigenvalue weighted by Crippen LogP contribution is -2.40. The van der Waals surface area contributed by atoms with Gasteiger partial charge in [-0.25, -0.2) is 4.79 Å². The quantitative estimate of drug-likeness (QED) is 0.798. The van der Waals surface area contributed by atoms with Gasteiger partial charge in [0.25, 0.3) is 5.91 Å². The fraction of sp³-hybridized carbons (Fsp3) is 0.429. The smallest absolute Gasteiger partial charge is 0.407 e. The first kappa shape index (κ1) is 15.4. The van der Waals surface area contributed by atoms with E-state index in [0.717, 1.165) is 0 Å². The number of piperidine rings is 1. The molecule has 1 fully saturated rings. The maximum absolute atomic E-state index is 12.0. The topological polar surface area (TPSA) is 89.9 Å². The van der Waals surface area contributed by atoms with Crippen LogP contribution >= 0.6 is 11.6 Å². The van der Waals surface area contributed by atoms with E-state index in [1.807, 2.05) is 0 Å². The highest BCUT2D eigenvalue weighted by molar-refractivity contribution is 6.31. The standard InChI is InChI=1S/C14H17ClN2O4/c15-10-1-2-12(18)11(7-10)13(19)16-8-9-3-5-17(6-4-9)14(20)21/h1-2,7,9,18H,3-6,8H2,(H,16,19)(H,20,21). The van der Waals surface area contributed by atoms with Crippen molar-refractivity contribution in [2.24, 2.45) is 5.92 Å². The van der Waals surface area contributed by atoms with Gasteiger partial charge in [-0.3, -0.25) is 4.79 Å². The van der Waals surface area contributed by atoms with Gasteiger partial charge in [-0.1, -0.05) is 11.6 Å². The summed E-state index contributed by atoms with van der Waals surface area (Å²) in [6.07, 6.45) is 0.531. The minimum atomic E-state index is -0.902. The summed E-state index contributed by atoms with van der Waals surface area (Å²) in [7, 11) is 0. The molecule has 2 amide bonds. The molecule has 1 aliphatic rings. The average molecular weight is 313 g/mol. The molecular weight excluding hydrogens is 296 g/mol. The van der Waals surface area contributed by atoms with E-state index in [1.54, 1.807) is 0 Å². The summed E-state index contributed by atoms with van der Waals surface area (Å²) in [5, 5.41) is 21.6. The minimum absolute atomic E-state index is 0.113. The number of halogens is 1. The number of hydrogen-bond acceptors (Lipinski definition) is 3. The Bertz CT molecular complexity index is 542. The lowest BCUT2D eigenvalue weighted by Gasteiger charge is -2.30. The number of nitrogens with zero attached hydrogens (tertiary/aromatic N) is 1. The first-order valence-corrected chi connectivity index (χ1v) is 7.09. The number of amides is 2. The molecule has 1 heterocycles. The molecule has 0 atom stereocenters. The van der Waals surface area contributed by atoms with E-state index in [4.69, 9.17) is 16.7 Å². The maximum Gasteiger partial charge on any atom is 0.407 e. The summed E-state index contributed by atoms with van der Waals surface area (Å²) >= 11 is 5.80. The zero-order valence-electron chi connectivity index (χ0n) is 11.4. The molecule has 3 N–H and O–H groups in total. The van der Waals surface area contributed by atoms with Gasteiger partial charge < -0.3 is 20.4 Å². The monoisotopic (exact) mass is 312 g/mol. The lowest BCUT2D eigenvalue weighted by molar-refractivity contribution is 0.0926. The summed E-state index contributed by atoms with van der Waals surface area (Å²) in [6, 6.07) is 4.30. The van der Waals surface area contributed by atoms with Crippen LogP contribution in [-0.2, 0) is 0 Å². The number of likely N-dealkylation sites (tertiary alicyclic amines) is 1. The van der Waals surface area contributed by atoms with Crippen molar-refractivity contribution >= 4 is 23.6 Å². The molecule has 6 nitrogen and oxygen atoms in total. The Labute approximate surface area is 127 Å². The fourth-order valence-electron chi connectivity index (χ4n) is 2.35. The maximum atomic E-state index is 12.0. The van der Waals surface area contributed by atoms with Crippen LogP contribution in [0.2, 0.25) is 5.02 Å². The van der Waals surface area contributed by atoms with Gasteiger partial charge in [0.1, 0.15) is 5.75 Å². The number of aromatic hydroxyl groups is 1.